The molecule has 27 heavy (non-hydrogen) atoms. The van der Waals surface area contributed by atoms with Crippen molar-refractivity contribution in [2.75, 3.05) is 26.4 Å². The summed E-state index contributed by atoms with van der Waals surface area (Å²) >= 11 is 0. The largest absolute Gasteiger partial charge is 0.492 e. The van der Waals surface area contributed by atoms with Crippen molar-refractivity contribution in [1.82, 2.24) is 4.72 Å². The van der Waals surface area contributed by atoms with Crippen LogP contribution in [-0.2, 0) is 15.4 Å². The number of rotatable bonds is 6. The van der Waals surface area contributed by atoms with Crippen LogP contribution in [0.2, 0.25) is 0 Å². The fourth-order valence-corrected chi connectivity index (χ4v) is 3.85. The maximum Gasteiger partial charge on any atom is 0.240 e. The third-order valence-corrected chi connectivity index (χ3v) is 5.63. The Morgan fingerprint density at radius 1 is 1.04 bits per heavy atom. The highest BCUT2D eigenvalue weighted by atomic mass is 32.2. The summed E-state index contributed by atoms with van der Waals surface area (Å²) in [4.78, 5) is 0.141. The molecule has 0 aromatic heterocycles. The van der Waals surface area contributed by atoms with Gasteiger partial charge in [-0.2, -0.15) is 0 Å². The van der Waals surface area contributed by atoms with Gasteiger partial charge in [-0.15, -0.1) is 0 Å². The minimum Gasteiger partial charge on any atom is -0.492 e. The monoisotopic (exact) mass is 391 g/mol. The molecule has 0 saturated carbocycles. The molecule has 0 atom stereocenters. The molecule has 1 aliphatic heterocycles. The highest BCUT2D eigenvalue weighted by Gasteiger charge is 2.20. The van der Waals surface area contributed by atoms with Crippen molar-refractivity contribution in [3.8, 4) is 17.2 Å². The van der Waals surface area contributed by atoms with Gasteiger partial charge in [0, 0.05) is 12.6 Å². The molecule has 1 N–H and O–H groups in total. The summed E-state index contributed by atoms with van der Waals surface area (Å²) < 4.78 is 44.2. The van der Waals surface area contributed by atoms with Gasteiger partial charge in [0.05, 0.1) is 4.90 Å². The van der Waals surface area contributed by atoms with E-state index in [1.165, 1.54) is 12.1 Å². The van der Waals surface area contributed by atoms with Gasteiger partial charge in [0.1, 0.15) is 25.6 Å². The lowest BCUT2D eigenvalue weighted by Crippen LogP contribution is -2.29. The van der Waals surface area contributed by atoms with E-state index in [0.717, 1.165) is 11.3 Å². The van der Waals surface area contributed by atoms with Crippen molar-refractivity contribution < 1.29 is 22.6 Å². The first-order valence-electron chi connectivity index (χ1n) is 8.89. The van der Waals surface area contributed by atoms with Gasteiger partial charge >= 0.3 is 0 Å². The number of hydrogen-bond donors (Lipinski definition) is 1. The van der Waals surface area contributed by atoms with Crippen LogP contribution in [0.4, 0.5) is 0 Å². The smallest absolute Gasteiger partial charge is 0.240 e. The van der Waals surface area contributed by atoms with Crippen molar-refractivity contribution in [1.29, 1.82) is 0 Å². The van der Waals surface area contributed by atoms with E-state index in [1.807, 2.05) is 24.3 Å². The molecule has 0 aliphatic carbocycles. The van der Waals surface area contributed by atoms with E-state index in [-0.39, 0.29) is 23.5 Å². The van der Waals surface area contributed by atoms with E-state index in [2.05, 4.69) is 25.5 Å². The number of sulfonamides is 1. The Morgan fingerprint density at radius 2 is 1.74 bits per heavy atom. The summed E-state index contributed by atoms with van der Waals surface area (Å²) in [5.74, 6) is 1.77. The maximum atomic E-state index is 12.5. The Kier molecular flexibility index (Phi) is 5.62. The Hall–Kier alpha value is -2.25. The van der Waals surface area contributed by atoms with Crippen molar-refractivity contribution in [3.63, 3.8) is 0 Å². The van der Waals surface area contributed by atoms with Crippen molar-refractivity contribution in [3.05, 3.63) is 48.0 Å². The van der Waals surface area contributed by atoms with Gasteiger partial charge in [-0.1, -0.05) is 39.0 Å². The van der Waals surface area contributed by atoms with Crippen molar-refractivity contribution in [2.24, 2.45) is 0 Å². The fourth-order valence-electron chi connectivity index (χ4n) is 2.82. The van der Waals surface area contributed by atoms with Crippen LogP contribution in [0, 0.1) is 0 Å². The molecule has 0 radical (unpaired) electrons. The Balaban J connectivity index is 1.61. The number of para-hydroxylation sites is 1. The third kappa shape index (κ3) is 4.73. The Morgan fingerprint density at radius 3 is 2.48 bits per heavy atom. The van der Waals surface area contributed by atoms with Gasteiger partial charge < -0.3 is 14.2 Å². The van der Waals surface area contributed by atoms with Gasteiger partial charge in [-0.25, -0.2) is 13.1 Å². The lowest BCUT2D eigenvalue weighted by molar-refractivity contribution is 0.171. The molecule has 0 bridgehead atoms. The minimum absolute atomic E-state index is 0.0543. The molecular formula is C20H25NO5S. The van der Waals surface area contributed by atoms with Crippen LogP contribution >= 0.6 is 0 Å². The average molecular weight is 391 g/mol. The van der Waals surface area contributed by atoms with Gasteiger partial charge in [0.15, 0.2) is 11.5 Å². The molecule has 2 aromatic rings. The van der Waals surface area contributed by atoms with E-state index in [4.69, 9.17) is 14.2 Å². The molecule has 6 nitrogen and oxygen atoms in total. The lowest BCUT2D eigenvalue weighted by atomic mass is 9.86. The highest BCUT2D eigenvalue weighted by molar-refractivity contribution is 7.89. The zero-order valence-corrected chi connectivity index (χ0v) is 16.6. The molecule has 0 amide bonds. The van der Waals surface area contributed by atoms with Crippen LogP contribution in [0.15, 0.2) is 47.4 Å². The van der Waals surface area contributed by atoms with E-state index in [1.54, 1.807) is 6.07 Å². The predicted octanol–water partition coefficient (Wildman–Crippen LogP) is 3.11. The summed E-state index contributed by atoms with van der Waals surface area (Å²) in [5, 5.41) is 0. The van der Waals surface area contributed by atoms with E-state index in [0.29, 0.717) is 24.7 Å². The summed E-state index contributed by atoms with van der Waals surface area (Å²) in [7, 11) is -3.65. The molecule has 0 saturated heterocycles. The van der Waals surface area contributed by atoms with Crippen LogP contribution in [0.25, 0.3) is 0 Å². The van der Waals surface area contributed by atoms with Crippen LogP contribution < -0.4 is 18.9 Å². The molecule has 146 valence electrons. The Bertz CT molecular complexity index is 903. The van der Waals surface area contributed by atoms with Gasteiger partial charge in [-0.3, -0.25) is 0 Å². The molecule has 7 heteroatoms. The molecule has 2 aromatic carbocycles. The zero-order valence-electron chi connectivity index (χ0n) is 15.8. The minimum atomic E-state index is -3.65. The summed E-state index contributed by atoms with van der Waals surface area (Å²) in [6.45, 7) is 7.60. The number of nitrogens with one attached hydrogen (secondary N) is 1. The molecule has 0 fully saturated rings. The summed E-state index contributed by atoms with van der Waals surface area (Å²) in [6.07, 6.45) is 0. The van der Waals surface area contributed by atoms with E-state index in [9.17, 15) is 8.42 Å². The van der Waals surface area contributed by atoms with Crippen LogP contribution in [0.5, 0.6) is 17.2 Å². The van der Waals surface area contributed by atoms with E-state index < -0.39 is 10.0 Å². The topological polar surface area (TPSA) is 73.9 Å². The third-order valence-electron chi connectivity index (χ3n) is 4.17. The summed E-state index contributed by atoms with van der Waals surface area (Å²) in [6, 6.07) is 12.4. The van der Waals surface area contributed by atoms with Crippen LogP contribution in [0.3, 0.4) is 0 Å². The molecule has 1 heterocycles. The van der Waals surface area contributed by atoms with Gasteiger partial charge in [0.2, 0.25) is 10.0 Å². The van der Waals surface area contributed by atoms with Crippen molar-refractivity contribution in [2.45, 2.75) is 31.1 Å². The second-order valence-electron chi connectivity index (χ2n) is 7.30. The molecule has 0 unspecified atom stereocenters. The number of hydrogen-bond acceptors (Lipinski definition) is 5. The van der Waals surface area contributed by atoms with Crippen LogP contribution in [0.1, 0.15) is 26.3 Å². The SMILES string of the molecule is CC(C)(C)c1ccccc1OCCNS(=O)(=O)c1ccc2c(c1)OCCO2. The molecular weight excluding hydrogens is 366 g/mol. The zero-order chi connectivity index (χ0) is 19.5. The van der Waals surface area contributed by atoms with Crippen LogP contribution in [-0.4, -0.2) is 34.8 Å². The molecule has 0 spiro atoms. The fraction of sp³-hybridized carbons (Fsp3) is 0.400. The number of ether oxygens (including phenoxy) is 3. The van der Waals surface area contributed by atoms with Gasteiger partial charge in [0.25, 0.3) is 0 Å². The Labute approximate surface area is 160 Å². The van der Waals surface area contributed by atoms with E-state index >= 15 is 0 Å². The standard InChI is InChI=1S/C20H25NO5S/c1-20(2,3)16-6-4-5-7-17(16)24-11-10-21-27(22,23)15-8-9-18-19(14-15)26-13-12-25-18/h4-9,14,21H,10-13H2,1-3H3. The first kappa shape index (κ1) is 19.5. The predicted molar refractivity (Wildman–Crippen MR) is 103 cm³/mol. The molecule has 3 rings (SSSR count). The average Bonchev–Trinajstić information content (AvgIpc) is 2.64. The second kappa shape index (κ2) is 7.78. The normalized spacial score (nSPS) is 14.0. The highest BCUT2D eigenvalue weighted by Crippen LogP contribution is 2.32. The first-order valence-corrected chi connectivity index (χ1v) is 10.4. The number of benzene rings is 2. The quantitative estimate of drug-likeness (QED) is 0.766. The summed E-state index contributed by atoms with van der Waals surface area (Å²) in [5.41, 5.74) is 1.03. The maximum absolute atomic E-state index is 12.5. The lowest BCUT2D eigenvalue weighted by Gasteiger charge is -2.22. The van der Waals surface area contributed by atoms with Gasteiger partial charge in [-0.05, 0) is 29.2 Å². The number of fused-ring (bicyclic) bond motifs is 1. The van der Waals surface area contributed by atoms with Crippen molar-refractivity contribution >= 4 is 10.0 Å². The first-order chi connectivity index (χ1) is 12.8. The molecule has 1 aliphatic rings. The second-order valence-corrected chi connectivity index (χ2v) is 9.06.